The van der Waals surface area contributed by atoms with E-state index in [9.17, 15) is 29.0 Å². The molecule has 0 saturated carbocycles. The maximum Gasteiger partial charge on any atom is 0.481 e. The van der Waals surface area contributed by atoms with E-state index in [-0.39, 0.29) is 17.1 Å². The van der Waals surface area contributed by atoms with E-state index in [1.165, 1.54) is 0 Å². The van der Waals surface area contributed by atoms with E-state index in [1.54, 1.807) is 0 Å². The molecular weight excluding hydrogens is 433 g/mol. The number of nitrogens with zero attached hydrogens (tertiary/aromatic N) is 3. The molecule has 1 aliphatic rings. The number of hydrogen-bond acceptors (Lipinski definition) is 11. The normalized spacial score (nSPS) is 27.9. The highest BCUT2D eigenvalue weighted by molar-refractivity contribution is 7.60. The number of nitrogen functional groups attached to an aromatic ring is 1. The Labute approximate surface area is 154 Å². The zero-order valence-electron chi connectivity index (χ0n) is 13.6. The van der Waals surface area contributed by atoms with Gasteiger partial charge in [-0.25, -0.2) is 14.1 Å². The Bertz CT molecular complexity index is 1030. The zero-order valence-corrected chi connectivity index (χ0v) is 15.4. The zero-order chi connectivity index (χ0) is 20.9. The first-order chi connectivity index (χ1) is 12.9. The van der Waals surface area contributed by atoms with Crippen LogP contribution in [0, 0.1) is 0 Å². The van der Waals surface area contributed by atoms with E-state index >= 15 is 0 Å². The van der Waals surface area contributed by atoms with Crippen LogP contribution in [0.1, 0.15) is 6.23 Å². The molecule has 0 amide bonds. The number of nitrogens with one attached hydrogen (secondary N) is 1. The van der Waals surface area contributed by atoms with Crippen molar-refractivity contribution in [2.45, 2.75) is 24.5 Å². The van der Waals surface area contributed by atoms with Gasteiger partial charge in [0.2, 0.25) is 5.95 Å². The maximum atomic E-state index is 11.8. The Morgan fingerprint density at radius 2 is 1.96 bits per heavy atom. The summed E-state index contributed by atoms with van der Waals surface area (Å²) in [6, 6.07) is 0. The van der Waals surface area contributed by atoms with Crippen molar-refractivity contribution in [3.63, 3.8) is 0 Å². The average molecular weight is 448 g/mol. The third-order valence-electron chi connectivity index (χ3n) is 3.67. The van der Waals surface area contributed by atoms with Crippen LogP contribution in [0.15, 0.2) is 11.1 Å². The van der Waals surface area contributed by atoms with Gasteiger partial charge in [-0.15, -0.1) is 0 Å². The van der Waals surface area contributed by atoms with Crippen molar-refractivity contribution in [3.05, 3.63) is 16.7 Å². The second-order valence-corrected chi connectivity index (χ2v) is 8.49. The number of nitrogens with two attached hydrogens (primary N) is 1. The fourth-order valence-corrected chi connectivity index (χ4v) is 4.15. The summed E-state index contributed by atoms with van der Waals surface area (Å²) < 4.78 is 36.6. The minimum atomic E-state index is -5.32. The van der Waals surface area contributed by atoms with Gasteiger partial charge in [0.1, 0.15) is 18.3 Å². The number of phosphoric ester groups is 1. The van der Waals surface area contributed by atoms with Crippen molar-refractivity contribution in [2.75, 3.05) is 12.3 Å². The first-order valence-corrected chi connectivity index (χ1v) is 10.4. The molecule has 1 saturated heterocycles. The smallest absolute Gasteiger partial charge is 0.387 e. The molecule has 0 aromatic carbocycles. The number of rotatable bonds is 6. The highest BCUT2D eigenvalue weighted by Crippen LogP contribution is 2.57. The van der Waals surface area contributed by atoms with E-state index in [4.69, 9.17) is 20.3 Å². The first kappa shape index (κ1) is 21.0. The molecule has 5 atom stereocenters. The van der Waals surface area contributed by atoms with Crippen molar-refractivity contribution < 1.29 is 47.6 Å². The topological polar surface area (TPSA) is 253 Å². The fourth-order valence-electron chi connectivity index (χ4n) is 2.55. The molecule has 1 fully saturated rings. The van der Waals surface area contributed by atoms with Gasteiger partial charge >= 0.3 is 15.6 Å². The number of anilines is 1. The Hall–Kier alpha value is -1.71. The summed E-state index contributed by atoms with van der Waals surface area (Å²) >= 11 is 0. The van der Waals surface area contributed by atoms with Gasteiger partial charge in [0.15, 0.2) is 17.4 Å². The molecular formula is C10H15N5O11P2. The molecule has 2 aromatic rings. The SMILES string of the molecule is [15NH2]c1[15n]c2c([15n]c[15n]2[C@@H]2O[C@H](COP(=O)(O)OP(=O)(O)O)C(O)[C@@H]2O)c(=O)[15nH]1. The number of ether oxygens (including phenoxy) is 1. The number of imidazole rings is 1. The van der Waals surface area contributed by atoms with Crippen LogP contribution in [0.4, 0.5) is 5.95 Å². The van der Waals surface area contributed by atoms with Gasteiger partial charge in [-0.1, -0.05) is 0 Å². The quantitative estimate of drug-likeness (QED) is 0.179. The van der Waals surface area contributed by atoms with Crippen LogP contribution in [-0.4, -0.2) is 69.3 Å². The molecule has 2 aromatic heterocycles. The minimum absolute atomic E-state index is 0.0586. The molecule has 0 radical (unpaired) electrons. The Morgan fingerprint density at radius 1 is 1.29 bits per heavy atom. The van der Waals surface area contributed by atoms with E-state index < -0.39 is 52.4 Å². The average Bonchev–Trinajstić information content (AvgIpc) is 3.06. The predicted octanol–water partition coefficient (Wildman–Crippen LogP) is -2.45. The molecule has 8 N–H and O–H groups in total. The second kappa shape index (κ2) is 7.27. The van der Waals surface area contributed by atoms with Gasteiger partial charge in [0.05, 0.1) is 12.9 Å². The Morgan fingerprint density at radius 3 is 2.61 bits per heavy atom. The number of hydrogen-bond donors (Lipinski definition) is 7. The molecule has 0 spiro atoms. The summed E-state index contributed by atoms with van der Waals surface area (Å²) in [5.74, 6) is -0.233. The van der Waals surface area contributed by atoms with Crippen LogP contribution in [-0.2, 0) is 22.7 Å². The summed E-state index contributed by atoms with van der Waals surface area (Å²) in [6.07, 6.45) is -4.88. The van der Waals surface area contributed by atoms with Crippen LogP contribution in [0.3, 0.4) is 0 Å². The van der Waals surface area contributed by atoms with Crippen LogP contribution in [0.2, 0.25) is 0 Å². The van der Waals surface area contributed by atoms with Crippen LogP contribution in [0.5, 0.6) is 0 Å². The van der Waals surface area contributed by atoms with E-state index in [1.807, 2.05) is 0 Å². The monoisotopic (exact) mass is 448 g/mol. The highest BCUT2D eigenvalue weighted by Gasteiger charge is 2.46. The predicted molar refractivity (Wildman–Crippen MR) is 87.4 cm³/mol. The third-order valence-corrected chi connectivity index (χ3v) is 5.83. The Kier molecular flexibility index (Phi) is 5.46. The van der Waals surface area contributed by atoms with E-state index in [2.05, 4.69) is 23.8 Å². The van der Waals surface area contributed by atoms with Gasteiger partial charge in [-0.3, -0.25) is 18.9 Å². The molecule has 156 valence electrons. The molecule has 3 rings (SSSR count). The van der Waals surface area contributed by atoms with Crippen LogP contribution < -0.4 is 11.3 Å². The lowest BCUT2D eigenvalue weighted by molar-refractivity contribution is -0.0503. The summed E-state index contributed by atoms with van der Waals surface area (Å²) in [5, 5.41) is 20.3. The summed E-state index contributed by atoms with van der Waals surface area (Å²) in [6.45, 7) is -0.870. The molecule has 0 bridgehead atoms. The van der Waals surface area contributed by atoms with Gasteiger partial charge < -0.3 is 35.4 Å². The molecule has 28 heavy (non-hydrogen) atoms. The Balaban J connectivity index is 1.79. The van der Waals surface area contributed by atoms with E-state index in [0.717, 1.165) is 10.9 Å². The summed E-state index contributed by atoms with van der Waals surface area (Å²) in [4.78, 5) is 48.1. The van der Waals surface area contributed by atoms with Crippen molar-refractivity contribution in [2.24, 2.45) is 0 Å². The fraction of sp³-hybridized carbons (Fsp3) is 0.500. The van der Waals surface area contributed by atoms with Crippen LogP contribution in [0.25, 0.3) is 11.2 Å². The van der Waals surface area contributed by atoms with Crippen LogP contribution >= 0.6 is 15.6 Å². The van der Waals surface area contributed by atoms with Gasteiger partial charge in [0, 0.05) is 0 Å². The molecule has 1 aliphatic heterocycles. The first-order valence-electron chi connectivity index (χ1n) is 7.36. The molecule has 3 heterocycles. The number of aromatic amines is 1. The van der Waals surface area contributed by atoms with Crippen molar-refractivity contribution >= 4 is 32.8 Å². The number of aromatic nitrogens is 4. The van der Waals surface area contributed by atoms with E-state index in [0.29, 0.717) is 0 Å². The molecule has 0 aliphatic carbocycles. The number of aliphatic hydroxyl groups is 2. The van der Waals surface area contributed by atoms with Crippen molar-refractivity contribution in [1.82, 2.24) is 19.5 Å². The lowest BCUT2D eigenvalue weighted by Gasteiger charge is -2.17. The number of aliphatic hydroxyl groups excluding tert-OH is 2. The van der Waals surface area contributed by atoms with Gasteiger partial charge in [0.25, 0.3) is 5.56 Å². The maximum absolute atomic E-state index is 11.8. The number of phosphoric acid groups is 2. The molecule has 18 heteroatoms. The molecule has 16 nitrogen and oxygen atoms in total. The number of fused-ring (bicyclic) bond motifs is 1. The lowest BCUT2D eigenvalue weighted by Crippen LogP contribution is -2.33. The lowest BCUT2D eigenvalue weighted by atomic mass is 10.1. The summed E-state index contributed by atoms with van der Waals surface area (Å²) in [7, 11) is -10.5. The third kappa shape index (κ3) is 4.31. The second-order valence-electron chi connectivity index (χ2n) is 5.66. The largest absolute Gasteiger partial charge is 0.481 e. The summed E-state index contributed by atoms with van der Waals surface area (Å²) in [5.41, 5.74) is 4.65. The van der Waals surface area contributed by atoms with Crippen molar-refractivity contribution in [1.29, 1.82) is 0 Å². The standard InChI is InChI=1S/C10H15N5O11P2/c11-10-13-7-4(8(18)14-10)12-2-15(7)9-6(17)5(16)3(25-9)1-24-28(22,23)26-27(19,20)21/h2-3,5-6,9,16-17H,1H2,(H,22,23)(H2,19,20,21)(H3,11,13,14,18)/t3-,5?,6+,9-/m1/s1/i11+1,12+1,13+1,14+1,15+1. The van der Waals surface area contributed by atoms with Gasteiger partial charge in [-0.2, -0.15) is 9.29 Å². The minimum Gasteiger partial charge on any atom is -0.387 e. The highest BCUT2D eigenvalue weighted by atomic mass is 31.3. The number of H-pyrrole nitrogens is 1. The van der Waals surface area contributed by atoms with Gasteiger partial charge in [-0.05, 0) is 0 Å². The van der Waals surface area contributed by atoms with Crippen molar-refractivity contribution in [3.8, 4) is 0 Å². The molecule has 2 unspecified atom stereocenters.